The van der Waals surface area contributed by atoms with Gasteiger partial charge in [0.2, 0.25) is 0 Å². The molecule has 1 aromatic heterocycles. The molecule has 0 radical (unpaired) electrons. The summed E-state index contributed by atoms with van der Waals surface area (Å²) in [5.41, 5.74) is 4.51. The first-order chi connectivity index (χ1) is 14.0. The number of benzene rings is 3. The number of hydrogen-bond donors (Lipinski definition) is 2. The Labute approximate surface area is 169 Å². The van der Waals surface area contributed by atoms with E-state index in [1.165, 1.54) is 0 Å². The van der Waals surface area contributed by atoms with Crippen molar-refractivity contribution in [3.63, 3.8) is 0 Å². The fraction of sp³-hybridized carbons (Fsp3) is 0.160. The van der Waals surface area contributed by atoms with Crippen LogP contribution in [0.15, 0.2) is 72.9 Å². The molecule has 4 aromatic rings. The molecule has 3 aromatic carbocycles. The molecular formula is C25H22N2O2. The van der Waals surface area contributed by atoms with Crippen LogP contribution in [0, 0.1) is 13.8 Å². The number of para-hydroxylation sites is 2. The van der Waals surface area contributed by atoms with Crippen LogP contribution < -0.4 is 4.90 Å². The molecule has 2 N–H and O–H groups in total. The highest BCUT2D eigenvalue weighted by atomic mass is 16.3. The number of aliphatic hydroxyl groups is 1. The lowest BCUT2D eigenvalue weighted by atomic mass is 9.87. The van der Waals surface area contributed by atoms with Crippen molar-refractivity contribution in [2.75, 3.05) is 4.90 Å². The Hall–Kier alpha value is -3.37. The number of aromatic nitrogens is 1. The zero-order chi connectivity index (χ0) is 20.2. The number of nitrogens with zero attached hydrogens (tertiary/aromatic N) is 1. The normalized spacial score (nSPS) is 18.4. The zero-order valence-corrected chi connectivity index (χ0v) is 16.4. The standard InChI is InChI=1S/C25H22N2O2/c1-16-11-12-17(2)18(13-16)15-27-23-10-6-4-8-20(23)25(29,24(27)28)21-14-26-22-9-5-3-7-19(21)22/h3-14,26,29H,15H2,1-2H3/t25-/m1/s1. The minimum Gasteiger partial charge on any atom is -0.372 e. The van der Waals surface area contributed by atoms with E-state index in [0.717, 1.165) is 33.3 Å². The topological polar surface area (TPSA) is 56.3 Å². The van der Waals surface area contributed by atoms with Crippen LogP contribution in [0.5, 0.6) is 0 Å². The third-order valence-corrected chi connectivity index (χ3v) is 5.95. The Kier molecular flexibility index (Phi) is 3.86. The van der Waals surface area contributed by atoms with Gasteiger partial charge in [0.1, 0.15) is 0 Å². The van der Waals surface area contributed by atoms with Gasteiger partial charge < -0.3 is 15.0 Å². The molecule has 1 atom stereocenters. The maximum Gasteiger partial charge on any atom is 0.268 e. The van der Waals surface area contributed by atoms with Crippen LogP contribution in [0.3, 0.4) is 0 Å². The summed E-state index contributed by atoms with van der Waals surface area (Å²) in [5.74, 6) is -0.315. The van der Waals surface area contributed by atoms with E-state index in [1.807, 2.05) is 62.4 Å². The summed E-state index contributed by atoms with van der Waals surface area (Å²) in [7, 11) is 0. The average molecular weight is 382 g/mol. The lowest BCUT2D eigenvalue weighted by Gasteiger charge is -2.24. The second-order valence-corrected chi connectivity index (χ2v) is 7.80. The number of anilines is 1. The van der Waals surface area contributed by atoms with Crippen molar-refractivity contribution >= 4 is 22.5 Å². The number of nitrogens with one attached hydrogen (secondary N) is 1. The van der Waals surface area contributed by atoms with Crippen molar-refractivity contribution in [3.05, 3.63) is 101 Å². The zero-order valence-electron chi connectivity index (χ0n) is 16.4. The first kappa shape index (κ1) is 17.7. The molecule has 0 aliphatic carbocycles. The number of aromatic amines is 1. The Bertz CT molecular complexity index is 1260. The van der Waals surface area contributed by atoms with Crippen molar-refractivity contribution < 1.29 is 9.90 Å². The third-order valence-electron chi connectivity index (χ3n) is 5.95. The smallest absolute Gasteiger partial charge is 0.268 e. The second-order valence-electron chi connectivity index (χ2n) is 7.80. The van der Waals surface area contributed by atoms with Crippen molar-refractivity contribution in [1.82, 2.24) is 4.98 Å². The van der Waals surface area contributed by atoms with E-state index in [2.05, 4.69) is 23.2 Å². The predicted molar refractivity (Wildman–Crippen MR) is 115 cm³/mol. The Morgan fingerprint density at radius 1 is 0.966 bits per heavy atom. The molecule has 0 saturated carbocycles. The Balaban J connectivity index is 1.67. The van der Waals surface area contributed by atoms with E-state index < -0.39 is 5.60 Å². The van der Waals surface area contributed by atoms with Crippen molar-refractivity contribution in [2.45, 2.75) is 26.0 Å². The molecular weight excluding hydrogens is 360 g/mol. The number of aryl methyl sites for hydroxylation is 2. The fourth-order valence-electron chi connectivity index (χ4n) is 4.36. The molecule has 144 valence electrons. The minimum absolute atomic E-state index is 0.315. The third kappa shape index (κ3) is 2.53. The van der Waals surface area contributed by atoms with Gasteiger partial charge >= 0.3 is 0 Å². The van der Waals surface area contributed by atoms with Gasteiger partial charge in [0.25, 0.3) is 5.91 Å². The maximum atomic E-state index is 13.7. The summed E-state index contributed by atoms with van der Waals surface area (Å²) >= 11 is 0. The molecule has 1 aliphatic heterocycles. The summed E-state index contributed by atoms with van der Waals surface area (Å²) in [6.07, 6.45) is 1.75. The number of carbonyl (C=O) groups excluding carboxylic acids is 1. The number of H-pyrrole nitrogens is 1. The molecule has 0 spiro atoms. The molecule has 29 heavy (non-hydrogen) atoms. The van der Waals surface area contributed by atoms with E-state index in [4.69, 9.17) is 0 Å². The van der Waals surface area contributed by atoms with Crippen molar-refractivity contribution in [1.29, 1.82) is 0 Å². The van der Waals surface area contributed by atoms with E-state index in [-0.39, 0.29) is 5.91 Å². The average Bonchev–Trinajstić information content (AvgIpc) is 3.25. The SMILES string of the molecule is Cc1ccc(C)c(CN2C(=O)[C@](O)(c3c[nH]c4ccccc34)c3ccccc32)c1. The fourth-order valence-corrected chi connectivity index (χ4v) is 4.36. The highest BCUT2D eigenvalue weighted by Gasteiger charge is 2.52. The Morgan fingerprint density at radius 3 is 2.59 bits per heavy atom. The number of carbonyl (C=O) groups is 1. The summed E-state index contributed by atoms with van der Waals surface area (Å²) in [6.45, 7) is 4.52. The van der Waals surface area contributed by atoms with Crippen LogP contribution >= 0.6 is 0 Å². The maximum absolute atomic E-state index is 13.7. The van der Waals surface area contributed by atoms with Crippen molar-refractivity contribution in [2.24, 2.45) is 0 Å². The lowest BCUT2D eigenvalue weighted by Crippen LogP contribution is -2.40. The molecule has 0 bridgehead atoms. The molecule has 0 fully saturated rings. The molecule has 2 heterocycles. The number of amides is 1. The predicted octanol–water partition coefficient (Wildman–Crippen LogP) is 4.57. The Morgan fingerprint density at radius 2 is 1.72 bits per heavy atom. The summed E-state index contributed by atoms with van der Waals surface area (Å²) in [6, 6.07) is 21.5. The van der Waals surface area contributed by atoms with Crippen LogP contribution in [-0.4, -0.2) is 16.0 Å². The first-order valence-corrected chi connectivity index (χ1v) is 9.76. The monoisotopic (exact) mass is 382 g/mol. The summed E-state index contributed by atoms with van der Waals surface area (Å²) < 4.78 is 0. The van der Waals surface area contributed by atoms with E-state index in [9.17, 15) is 9.90 Å². The van der Waals surface area contributed by atoms with E-state index in [1.54, 1.807) is 11.1 Å². The molecule has 0 unspecified atom stereocenters. The van der Waals surface area contributed by atoms with Crippen LogP contribution in [0.4, 0.5) is 5.69 Å². The molecule has 1 aliphatic rings. The van der Waals surface area contributed by atoms with Gasteiger partial charge in [0.05, 0.1) is 12.2 Å². The van der Waals surface area contributed by atoms with Crippen LogP contribution in [0.25, 0.3) is 10.9 Å². The van der Waals surface area contributed by atoms with Gasteiger partial charge in [0.15, 0.2) is 5.60 Å². The summed E-state index contributed by atoms with van der Waals surface area (Å²) in [4.78, 5) is 18.6. The molecule has 4 nitrogen and oxygen atoms in total. The largest absolute Gasteiger partial charge is 0.372 e. The number of hydrogen-bond acceptors (Lipinski definition) is 2. The molecule has 1 amide bonds. The van der Waals surface area contributed by atoms with Crippen LogP contribution in [0.1, 0.15) is 27.8 Å². The quantitative estimate of drug-likeness (QED) is 0.545. The van der Waals surface area contributed by atoms with Gasteiger partial charge in [-0.25, -0.2) is 0 Å². The van der Waals surface area contributed by atoms with Crippen LogP contribution in [-0.2, 0) is 16.9 Å². The van der Waals surface area contributed by atoms with Gasteiger partial charge in [-0.05, 0) is 37.1 Å². The van der Waals surface area contributed by atoms with Gasteiger partial charge in [-0.15, -0.1) is 0 Å². The van der Waals surface area contributed by atoms with Gasteiger partial charge in [-0.3, -0.25) is 4.79 Å². The summed E-state index contributed by atoms with van der Waals surface area (Å²) in [5, 5.41) is 12.7. The molecule has 0 saturated heterocycles. The minimum atomic E-state index is -1.71. The number of fused-ring (bicyclic) bond motifs is 2. The highest BCUT2D eigenvalue weighted by Crippen LogP contribution is 2.46. The van der Waals surface area contributed by atoms with Crippen LogP contribution in [0.2, 0.25) is 0 Å². The van der Waals surface area contributed by atoms with Gasteiger partial charge in [0, 0.05) is 28.2 Å². The van der Waals surface area contributed by atoms with Gasteiger partial charge in [-0.1, -0.05) is 60.2 Å². The lowest BCUT2D eigenvalue weighted by molar-refractivity contribution is -0.132. The van der Waals surface area contributed by atoms with E-state index >= 15 is 0 Å². The van der Waals surface area contributed by atoms with Crippen molar-refractivity contribution in [3.8, 4) is 0 Å². The van der Waals surface area contributed by atoms with E-state index in [0.29, 0.717) is 17.7 Å². The molecule has 4 heteroatoms. The second kappa shape index (κ2) is 6.33. The highest BCUT2D eigenvalue weighted by molar-refractivity contribution is 6.11. The first-order valence-electron chi connectivity index (χ1n) is 9.76. The number of rotatable bonds is 3. The van der Waals surface area contributed by atoms with Gasteiger partial charge in [-0.2, -0.15) is 0 Å². The molecule has 5 rings (SSSR count).